The van der Waals surface area contributed by atoms with Gasteiger partial charge in [-0.1, -0.05) is 48.0 Å². The minimum Gasteiger partial charge on any atom is -0.468 e. The lowest BCUT2D eigenvalue weighted by molar-refractivity contribution is -0.122. The third-order valence-corrected chi connectivity index (χ3v) is 7.90. The molecule has 1 N–H and O–H groups in total. The van der Waals surface area contributed by atoms with E-state index in [4.69, 9.17) is 4.42 Å². The highest BCUT2D eigenvalue weighted by atomic mass is 32.2. The Balaban J connectivity index is 1.36. The van der Waals surface area contributed by atoms with E-state index in [2.05, 4.69) is 22.3 Å². The molecule has 1 aromatic heterocycles. The number of rotatable bonds is 9. The van der Waals surface area contributed by atoms with Gasteiger partial charge in [0.05, 0.1) is 24.2 Å². The summed E-state index contributed by atoms with van der Waals surface area (Å²) in [5.41, 5.74) is 2.24. The molecule has 1 aliphatic rings. The topological polar surface area (TPSA) is 82.9 Å². The molecule has 1 amide bonds. The number of hydrogen-bond donors (Lipinski definition) is 1. The van der Waals surface area contributed by atoms with Gasteiger partial charge in [0.2, 0.25) is 15.9 Å². The average Bonchev–Trinajstić information content (AvgIpc) is 3.34. The number of benzene rings is 2. The number of hydrogen-bond acceptors (Lipinski definition) is 5. The van der Waals surface area contributed by atoms with Crippen molar-refractivity contribution in [2.24, 2.45) is 0 Å². The van der Waals surface area contributed by atoms with Crippen LogP contribution in [0.5, 0.6) is 0 Å². The van der Waals surface area contributed by atoms with Crippen LogP contribution in [-0.4, -0.2) is 49.2 Å². The second-order valence-corrected chi connectivity index (χ2v) is 10.7. The van der Waals surface area contributed by atoms with Gasteiger partial charge in [-0.3, -0.25) is 9.69 Å². The SMILES string of the molecule is Cc1ccc(S(=O)(=O)N(CC(=O)NC2CCN(Cc3ccccc3)CC2)Cc2ccco2)cc1. The second-order valence-electron chi connectivity index (χ2n) is 8.77. The minimum absolute atomic E-state index is 0.00779. The number of carbonyl (C=O) groups is 1. The number of likely N-dealkylation sites (tertiary alicyclic amines) is 1. The fourth-order valence-corrected chi connectivity index (χ4v) is 5.53. The summed E-state index contributed by atoms with van der Waals surface area (Å²) in [6.07, 6.45) is 3.16. The molecule has 0 radical (unpaired) electrons. The molecule has 3 aromatic rings. The molecule has 2 heterocycles. The Morgan fingerprint density at radius 3 is 2.38 bits per heavy atom. The first-order chi connectivity index (χ1) is 16.4. The number of sulfonamides is 1. The van der Waals surface area contributed by atoms with Crippen LogP contribution in [0.2, 0.25) is 0 Å². The van der Waals surface area contributed by atoms with E-state index < -0.39 is 10.0 Å². The molecule has 1 saturated heterocycles. The zero-order valence-electron chi connectivity index (χ0n) is 19.4. The first kappa shape index (κ1) is 24.2. The van der Waals surface area contributed by atoms with Gasteiger partial charge >= 0.3 is 0 Å². The molecule has 0 saturated carbocycles. The number of nitrogens with zero attached hydrogens (tertiary/aromatic N) is 2. The smallest absolute Gasteiger partial charge is 0.243 e. The van der Waals surface area contributed by atoms with E-state index in [9.17, 15) is 13.2 Å². The minimum atomic E-state index is -3.87. The monoisotopic (exact) mass is 481 g/mol. The first-order valence-electron chi connectivity index (χ1n) is 11.5. The third kappa shape index (κ3) is 6.34. The van der Waals surface area contributed by atoms with Gasteiger partial charge in [0.1, 0.15) is 5.76 Å². The summed E-state index contributed by atoms with van der Waals surface area (Å²) in [6, 6.07) is 20.4. The Morgan fingerprint density at radius 1 is 1.03 bits per heavy atom. The third-order valence-electron chi connectivity index (χ3n) is 6.09. The molecule has 34 heavy (non-hydrogen) atoms. The largest absolute Gasteiger partial charge is 0.468 e. The fourth-order valence-electron chi connectivity index (χ4n) is 4.17. The number of amides is 1. The molecule has 2 aromatic carbocycles. The van der Waals surface area contributed by atoms with Gasteiger partial charge in [0.15, 0.2) is 0 Å². The molecule has 0 unspecified atom stereocenters. The van der Waals surface area contributed by atoms with Crippen LogP contribution < -0.4 is 5.32 Å². The molecule has 0 spiro atoms. The van der Waals surface area contributed by atoms with E-state index in [-0.39, 0.29) is 29.9 Å². The summed E-state index contributed by atoms with van der Waals surface area (Å²) in [5.74, 6) is 0.182. The van der Waals surface area contributed by atoms with Crippen LogP contribution in [0.1, 0.15) is 29.7 Å². The molecular formula is C26H31N3O4S. The lowest BCUT2D eigenvalue weighted by Crippen LogP contribution is -2.48. The van der Waals surface area contributed by atoms with Crippen LogP contribution in [0.4, 0.5) is 0 Å². The van der Waals surface area contributed by atoms with Gasteiger partial charge in [0, 0.05) is 25.7 Å². The molecule has 1 aliphatic heterocycles. The number of furan rings is 1. The molecule has 1 fully saturated rings. The number of nitrogens with one attached hydrogen (secondary N) is 1. The Kier molecular flexibility index (Phi) is 7.82. The summed E-state index contributed by atoms with van der Waals surface area (Å²) in [6.45, 7) is 4.30. The van der Waals surface area contributed by atoms with E-state index in [1.165, 1.54) is 16.1 Å². The maximum Gasteiger partial charge on any atom is 0.243 e. The first-order valence-corrected chi connectivity index (χ1v) is 13.0. The van der Waals surface area contributed by atoms with Gasteiger partial charge in [-0.2, -0.15) is 4.31 Å². The lowest BCUT2D eigenvalue weighted by atomic mass is 10.0. The number of aryl methyl sites for hydroxylation is 1. The molecular weight excluding hydrogens is 450 g/mol. The van der Waals surface area contributed by atoms with E-state index >= 15 is 0 Å². The Labute approximate surface area is 201 Å². The molecule has 0 bridgehead atoms. The van der Waals surface area contributed by atoms with Crippen molar-refractivity contribution in [3.05, 3.63) is 89.9 Å². The molecule has 180 valence electrons. The van der Waals surface area contributed by atoms with E-state index in [0.717, 1.165) is 38.0 Å². The van der Waals surface area contributed by atoms with E-state index in [1.807, 2.05) is 25.1 Å². The normalized spacial score (nSPS) is 15.5. The summed E-state index contributed by atoms with van der Waals surface area (Å²) in [5, 5.41) is 3.04. The van der Waals surface area contributed by atoms with Crippen LogP contribution in [0.15, 0.2) is 82.3 Å². The van der Waals surface area contributed by atoms with Gasteiger partial charge < -0.3 is 9.73 Å². The number of carbonyl (C=O) groups excluding carboxylic acids is 1. The van der Waals surface area contributed by atoms with Crippen molar-refractivity contribution >= 4 is 15.9 Å². The average molecular weight is 482 g/mol. The van der Waals surface area contributed by atoms with Crippen molar-refractivity contribution in [1.29, 1.82) is 0 Å². The van der Waals surface area contributed by atoms with Crippen molar-refractivity contribution in [3.8, 4) is 0 Å². The zero-order valence-corrected chi connectivity index (χ0v) is 20.2. The van der Waals surface area contributed by atoms with Gasteiger partial charge in [-0.25, -0.2) is 8.42 Å². The van der Waals surface area contributed by atoms with Gasteiger partial charge in [-0.15, -0.1) is 0 Å². The Hall–Kier alpha value is -2.94. The van der Waals surface area contributed by atoms with E-state index in [1.54, 1.807) is 36.4 Å². The van der Waals surface area contributed by atoms with Crippen molar-refractivity contribution < 1.29 is 17.6 Å². The lowest BCUT2D eigenvalue weighted by Gasteiger charge is -2.32. The highest BCUT2D eigenvalue weighted by Crippen LogP contribution is 2.20. The Morgan fingerprint density at radius 2 is 1.74 bits per heavy atom. The fraction of sp³-hybridized carbons (Fsp3) is 0.346. The summed E-state index contributed by atoms with van der Waals surface area (Å²) >= 11 is 0. The van der Waals surface area contributed by atoms with Gasteiger partial charge in [-0.05, 0) is 49.6 Å². The summed E-state index contributed by atoms with van der Waals surface area (Å²) < 4.78 is 33.2. The summed E-state index contributed by atoms with van der Waals surface area (Å²) in [7, 11) is -3.87. The second kappa shape index (κ2) is 11.0. The van der Waals surface area contributed by atoms with Crippen LogP contribution in [0.3, 0.4) is 0 Å². The maximum atomic E-state index is 13.3. The molecule has 0 aliphatic carbocycles. The van der Waals surface area contributed by atoms with Crippen molar-refractivity contribution in [2.45, 2.75) is 43.8 Å². The van der Waals surface area contributed by atoms with Crippen LogP contribution in [-0.2, 0) is 27.9 Å². The molecule has 4 rings (SSSR count). The van der Waals surface area contributed by atoms with Crippen LogP contribution >= 0.6 is 0 Å². The summed E-state index contributed by atoms with van der Waals surface area (Å²) in [4.78, 5) is 15.4. The maximum absolute atomic E-state index is 13.3. The zero-order chi connectivity index (χ0) is 24.0. The predicted molar refractivity (Wildman–Crippen MR) is 130 cm³/mol. The van der Waals surface area contributed by atoms with Crippen LogP contribution in [0.25, 0.3) is 0 Å². The standard InChI is InChI=1S/C26H31N3O4S/c1-21-9-11-25(12-10-21)34(31,32)29(19-24-8-5-17-33-24)20-26(30)27-23-13-15-28(16-14-23)18-22-6-3-2-4-7-22/h2-12,17,23H,13-16,18-20H2,1H3,(H,27,30). The predicted octanol–water partition coefficient (Wildman–Crippen LogP) is 3.56. The highest BCUT2D eigenvalue weighted by Gasteiger charge is 2.29. The molecule has 7 nitrogen and oxygen atoms in total. The van der Waals surface area contributed by atoms with Crippen LogP contribution in [0, 0.1) is 6.92 Å². The highest BCUT2D eigenvalue weighted by molar-refractivity contribution is 7.89. The molecule has 0 atom stereocenters. The Bertz CT molecular complexity index is 1150. The van der Waals surface area contributed by atoms with Gasteiger partial charge in [0.25, 0.3) is 0 Å². The quantitative estimate of drug-likeness (QED) is 0.505. The number of piperidine rings is 1. The van der Waals surface area contributed by atoms with Crippen molar-refractivity contribution in [2.75, 3.05) is 19.6 Å². The van der Waals surface area contributed by atoms with Crippen molar-refractivity contribution in [3.63, 3.8) is 0 Å². The van der Waals surface area contributed by atoms with Crippen molar-refractivity contribution in [1.82, 2.24) is 14.5 Å². The van der Waals surface area contributed by atoms with E-state index in [0.29, 0.717) is 5.76 Å². The molecule has 8 heteroatoms.